The second kappa shape index (κ2) is 11.8. The number of likely N-dealkylation sites (tertiary alicyclic amines) is 1. The number of hydrogen-bond acceptors (Lipinski definition) is 2. The van der Waals surface area contributed by atoms with Gasteiger partial charge in [0.2, 0.25) is 0 Å². The van der Waals surface area contributed by atoms with E-state index in [2.05, 4.69) is 0 Å². The van der Waals surface area contributed by atoms with Crippen molar-refractivity contribution in [2.45, 2.75) is 76.3 Å². The molecule has 1 N–H and O–H groups in total. The molecule has 3 nitrogen and oxygen atoms in total. The Bertz CT molecular complexity index is 1090. The number of benzene rings is 2. The van der Waals surface area contributed by atoms with Gasteiger partial charge < -0.3 is 5.11 Å². The number of hydrogen-bond donors (Lipinski definition) is 1. The molecule has 1 aliphatic rings. The zero-order chi connectivity index (χ0) is 29.2. The molecular formula is C28H31F8NO2. The lowest BCUT2D eigenvalue weighted by atomic mass is 9.82. The Morgan fingerprint density at radius 1 is 0.897 bits per heavy atom. The van der Waals surface area contributed by atoms with Crippen LogP contribution in [-0.4, -0.2) is 28.7 Å². The minimum absolute atomic E-state index is 0.108. The lowest BCUT2D eigenvalue weighted by molar-refractivity contribution is -0.289. The third-order valence-corrected chi connectivity index (χ3v) is 7.27. The van der Waals surface area contributed by atoms with Crippen LogP contribution in [0.1, 0.15) is 80.3 Å². The summed E-state index contributed by atoms with van der Waals surface area (Å²) >= 11 is 0. The number of carboxylic acid groups (broad SMARTS) is 1. The largest absolute Gasteiger partial charge is 0.481 e. The number of rotatable bonds is 9. The van der Waals surface area contributed by atoms with E-state index in [1.807, 2.05) is 18.7 Å². The summed E-state index contributed by atoms with van der Waals surface area (Å²) in [6, 6.07) is 7.74. The molecular weight excluding hydrogens is 534 g/mol. The highest BCUT2D eigenvalue weighted by Gasteiger charge is 2.58. The molecule has 3 atom stereocenters. The number of nitrogens with zero attached hydrogens (tertiary/aromatic N) is 1. The molecule has 0 aliphatic carbocycles. The molecule has 39 heavy (non-hydrogen) atoms. The van der Waals surface area contributed by atoms with E-state index in [0.717, 1.165) is 24.3 Å². The van der Waals surface area contributed by atoms with Gasteiger partial charge in [-0.1, -0.05) is 50.2 Å². The molecule has 3 unspecified atom stereocenters. The summed E-state index contributed by atoms with van der Waals surface area (Å²) in [7, 11) is 0. The van der Waals surface area contributed by atoms with Crippen LogP contribution in [0.25, 0.3) is 0 Å². The van der Waals surface area contributed by atoms with Gasteiger partial charge in [-0.05, 0) is 67.3 Å². The fraction of sp³-hybridized carbons (Fsp3) is 0.536. The van der Waals surface area contributed by atoms with Crippen LogP contribution in [0.4, 0.5) is 35.1 Å². The van der Waals surface area contributed by atoms with Crippen LogP contribution >= 0.6 is 0 Å². The van der Waals surface area contributed by atoms with Gasteiger partial charge >= 0.3 is 24.2 Å². The Labute approximate surface area is 221 Å². The second-order valence-corrected chi connectivity index (χ2v) is 10.5. The first kappa shape index (κ1) is 30.8. The predicted octanol–water partition coefficient (Wildman–Crippen LogP) is 8.76. The Kier molecular flexibility index (Phi) is 9.35. The number of piperidine rings is 1. The zero-order valence-corrected chi connectivity index (χ0v) is 21.5. The molecule has 2 aromatic rings. The maximum Gasteiger partial charge on any atom is 0.458 e. The van der Waals surface area contributed by atoms with Crippen molar-refractivity contribution in [3.8, 4) is 0 Å². The van der Waals surface area contributed by atoms with Crippen molar-refractivity contribution in [1.29, 1.82) is 0 Å². The Hall–Kier alpha value is -2.69. The van der Waals surface area contributed by atoms with Crippen LogP contribution in [0.2, 0.25) is 0 Å². The Balaban J connectivity index is 2.01. The quantitative estimate of drug-likeness (QED) is 0.309. The minimum Gasteiger partial charge on any atom is -0.481 e. The van der Waals surface area contributed by atoms with Crippen LogP contribution in [0.15, 0.2) is 48.5 Å². The molecule has 1 heterocycles. The Morgan fingerprint density at radius 3 is 1.95 bits per heavy atom. The first-order valence-corrected chi connectivity index (χ1v) is 12.7. The molecule has 0 radical (unpaired) electrons. The van der Waals surface area contributed by atoms with E-state index >= 15 is 0 Å². The van der Waals surface area contributed by atoms with Gasteiger partial charge in [0.25, 0.3) is 0 Å². The van der Waals surface area contributed by atoms with Crippen molar-refractivity contribution in [1.82, 2.24) is 4.90 Å². The number of aliphatic carboxylic acids is 1. The monoisotopic (exact) mass is 565 g/mol. The van der Waals surface area contributed by atoms with Gasteiger partial charge in [0.05, 0.1) is 5.56 Å². The maximum atomic E-state index is 13.9. The first-order valence-electron chi connectivity index (χ1n) is 12.7. The molecule has 1 saturated heterocycles. The average Bonchev–Trinajstić information content (AvgIpc) is 2.83. The predicted molar refractivity (Wildman–Crippen MR) is 129 cm³/mol. The summed E-state index contributed by atoms with van der Waals surface area (Å²) < 4.78 is 106. The number of carbonyl (C=O) groups is 1. The van der Waals surface area contributed by atoms with E-state index in [1.165, 1.54) is 24.3 Å². The van der Waals surface area contributed by atoms with Gasteiger partial charge in [-0.25, -0.2) is 0 Å². The highest BCUT2D eigenvalue weighted by Crippen LogP contribution is 2.46. The summed E-state index contributed by atoms with van der Waals surface area (Å²) in [5, 5.41) is 9.32. The van der Waals surface area contributed by atoms with E-state index < -0.39 is 47.5 Å². The lowest BCUT2D eigenvalue weighted by Crippen LogP contribution is -2.40. The van der Waals surface area contributed by atoms with Gasteiger partial charge in [0.1, 0.15) is 0 Å². The summed E-state index contributed by atoms with van der Waals surface area (Å²) in [6.07, 6.45) is -8.33. The van der Waals surface area contributed by atoms with Crippen molar-refractivity contribution in [2.75, 3.05) is 6.54 Å². The van der Waals surface area contributed by atoms with Gasteiger partial charge in [0, 0.05) is 24.1 Å². The number of carboxylic acids is 1. The van der Waals surface area contributed by atoms with Crippen LogP contribution in [-0.2, 0) is 16.9 Å². The molecule has 216 valence electrons. The van der Waals surface area contributed by atoms with E-state index in [-0.39, 0.29) is 18.3 Å². The van der Waals surface area contributed by atoms with Gasteiger partial charge in [-0.3, -0.25) is 9.69 Å². The number of halogens is 8. The average molecular weight is 566 g/mol. The molecule has 1 aliphatic heterocycles. The maximum absolute atomic E-state index is 13.9. The molecule has 11 heteroatoms. The minimum atomic E-state index is -5.74. The molecule has 2 aromatic carbocycles. The lowest BCUT2D eigenvalue weighted by Gasteiger charge is -2.44. The molecule has 0 amide bonds. The SMILES string of the molecule is CC(C)CCC(c1ccc(C(F)(F)C(F)(F)F)cc1)N1CCC(CC(=O)O)CC1c1ccc(C(F)(F)F)cc1. The van der Waals surface area contributed by atoms with Crippen LogP contribution < -0.4 is 0 Å². The third-order valence-electron chi connectivity index (χ3n) is 7.27. The molecule has 0 spiro atoms. The first-order chi connectivity index (χ1) is 18.0. The molecule has 0 bridgehead atoms. The second-order valence-electron chi connectivity index (χ2n) is 10.5. The van der Waals surface area contributed by atoms with E-state index in [1.54, 1.807) is 0 Å². The smallest absolute Gasteiger partial charge is 0.458 e. The summed E-state index contributed by atoms with van der Waals surface area (Å²) in [6.45, 7) is 4.35. The molecule has 0 saturated carbocycles. The summed E-state index contributed by atoms with van der Waals surface area (Å²) in [5.41, 5.74) is -0.951. The van der Waals surface area contributed by atoms with E-state index in [0.29, 0.717) is 43.4 Å². The topological polar surface area (TPSA) is 40.5 Å². The summed E-state index contributed by atoms with van der Waals surface area (Å²) in [5.74, 6) is -5.99. The standard InChI is InChI=1S/C28H31F8NO2/c1-17(2)3-12-23(19-4-8-21(9-5-19)26(29,30)28(34,35)36)37-14-13-18(16-25(38)39)15-24(37)20-6-10-22(11-7-20)27(31,32)33/h4-11,17-18,23-24H,3,12-16H2,1-2H3,(H,38,39). The van der Waals surface area contributed by atoms with Gasteiger partial charge in [0.15, 0.2) is 0 Å². The normalized spacial score (nSPS) is 20.3. The number of alkyl halides is 8. The van der Waals surface area contributed by atoms with Crippen molar-refractivity contribution >= 4 is 5.97 Å². The highest BCUT2D eigenvalue weighted by molar-refractivity contribution is 5.67. The van der Waals surface area contributed by atoms with Crippen molar-refractivity contribution < 1.29 is 45.0 Å². The fourth-order valence-corrected chi connectivity index (χ4v) is 5.18. The van der Waals surface area contributed by atoms with Gasteiger partial charge in [-0.2, -0.15) is 35.1 Å². The van der Waals surface area contributed by atoms with Crippen molar-refractivity contribution in [2.24, 2.45) is 11.8 Å². The van der Waals surface area contributed by atoms with Crippen molar-refractivity contribution in [3.05, 3.63) is 70.8 Å². The van der Waals surface area contributed by atoms with E-state index in [4.69, 9.17) is 0 Å². The van der Waals surface area contributed by atoms with Gasteiger partial charge in [-0.15, -0.1) is 0 Å². The zero-order valence-electron chi connectivity index (χ0n) is 21.5. The fourth-order valence-electron chi connectivity index (χ4n) is 5.18. The Morgan fingerprint density at radius 2 is 1.46 bits per heavy atom. The molecule has 0 aromatic heterocycles. The van der Waals surface area contributed by atoms with Crippen LogP contribution in [0.5, 0.6) is 0 Å². The summed E-state index contributed by atoms with van der Waals surface area (Å²) in [4.78, 5) is 13.4. The molecule has 3 rings (SSSR count). The van der Waals surface area contributed by atoms with E-state index in [9.17, 15) is 45.0 Å². The van der Waals surface area contributed by atoms with Crippen LogP contribution in [0, 0.1) is 11.8 Å². The van der Waals surface area contributed by atoms with Crippen molar-refractivity contribution in [3.63, 3.8) is 0 Å². The highest BCUT2D eigenvalue weighted by atomic mass is 19.4. The van der Waals surface area contributed by atoms with Crippen LogP contribution in [0.3, 0.4) is 0 Å². The third kappa shape index (κ3) is 7.49. The molecule has 1 fully saturated rings.